The van der Waals surface area contributed by atoms with Gasteiger partial charge in [-0.25, -0.2) is 8.42 Å². The number of rotatable bonds is 3. The maximum absolute atomic E-state index is 12.8. The number of halogens is 1. The summed E-state index contributed by atoms with van der Waals surface area (Å²) in [4.78, 5) is 15.5. The monoisotopic (exact) mass is 409 g/mol. The highest BCUT2D eigenvalue weighted by Crippen LogP contribution is 2.34. The van der Waals surface area contributed by atoms with E-state index in [2.05, 4.69) is 0 Å². The van der Waals surface area contributed by atoms with Gasteiger partial charge in [0.1, 0.15) is 0 Å². The molecule has 1 unspecified atom stereocenters. The van der Waals surface area contributed by atoms with E-state index in [0.717, 1.165) is 4.90 Å². The topological polar surface area (TPSA) is 54.5 Å². The third-order valence-corrected chi connectivity index (χ3v) is 7.77. The molecule has 0 spiro atoms. The van der Waals surface area contributed by atoms with Gasteiger partial charge in [0.25, 0.3) is 5.91 Å². The Bertz CT molecular complexity index is 915. The van der Waals surface area contributed by atoms with Crippen LogP contribution in [0.25, 0.3) is 0 Å². The second kappa shape index (κ2) is 8.03. The van der Waals surface area contributed by atoms with Crippen molar-refractivity contribution in [2.75, 3.05) is 25.1 Å². The first-order valence-corrected chi connectivity index (χ1v) is 11.6. The standard InChI is InChI=1S/C19H20ClNO3S2/c1-25-15-6-4-5-14(13-15)19(22)21-10-9-18(26(23,24)12-11-21)16-7-2-3-8-17(16)20/h2-8,13,18H,9-12H2,1H3. The van der Waals surface area contributed by atoms with E-state index in [1.165, 1.54) is 0 Å². The van der Waals surface area contributed by atoms with Gasteiger partial charge in [0.15, 0.2) is 9.84 Å². The van der Waals surface area contributed by atoms with Crippen LogP contribution in [0, 0.1) is 0 Å². The SMILES string of the molecule is CSc1cccc(C(=O)N2CCC(c3ccccc3Cl)S(=O)(=O)CC2)c1. The second-order valence-electron chi connectivity index (χ2n) is 6.19. The number of benzene rings is 2. The highest BCUT2D eigenvalue weighted by molar-refractivity contribution is 7.98. The molecule has 138 valence electrons. The largest absolute Gasteiger partial charge is 0.338 e. The normalized spacial score (nSPS) is 19.8. The average molecular weight is 410 g/mol. The molecule has 1 fully saturated rings. The lowest BCUT2D eigenvalue weighted by atomic mass is 10.1. The Hall–Kier alpha value is -1.50. The average Bonchev–Trinajstić information content (AvgIpc) is 2.80. The second-order valence-corrected chi connectivity index (χ2v) is 9.78. The number of sulfone groups is 1. The minimum atomic E-state index is -3.38. The van der Waals surface area contributed by atoms with Crippen molar-refractivity contribution in [2.45, 2.75) is 16.6 Å². The molecule has 0 saturated carbocycles. The first kappa shape index (κ1) is 19.3. The van der Waals surface area contributed by atoms with Crippen LogP contribution in [0.2, 0.25) is 5.02 Å². The third-order valence-electron chi connectivity index (χ3n) is 4.60. The highest BCUT2D eigenvalue weighted by atomic mass is 35.5. The molecule has 0 N–H and O–H groups in total. The minimum Gasteiger partial charge on any atom is -0.338 e. The van der Waals surface area contributed by atoms with Crippen molar-refractivity contribution in [1.82, 2.24) is 4.90 Å². The number of carbonyl (C=O) groups is 1. The molecule has 1 atom stereocenters. The maximum Gasteiger partial charge on any atom is 0.253 e. The predicted molar refractivity (Wildman–Crippen MR) is 107 cm³/mol. The maximum atomic E-state index is 12.8. The fourth-order valence-corrected chi connectivity index (χ4v) is 5.78. The summed E-state index contributed by atoms with van der Waals surface area (Å²) in [7, 11) is -3.38. The molecule has 26 heavy (non-hydrogen) atoms. The molecule has 1 amide bonds. The summed E-state index contributed by atoms with van der Waals surface area (Å²) in [5, 5.41) is -0.222. The molecule has 2 aromatic rings. The highest BCUT2D eigenvalue weighted by Gasteiger charge is 2.33. The van der Waals surface area contributed by atoms with Crippen LogP contribution in [0.1, 0.15) is 27.6 Å². The lowest BCUT2D eigenvalue weighted by Gasteiger charge is -2.20. The molecule has 1 heterocycles. The van der Waals surface area contributed by atoms with E-state index in [0.29, 0.717) is 29.1 Å². The van der Waals surface area contributed by atoms with Crippen molar-refractivity contribution in [3.05, 3.63) is 64.7 Å². The number of thioether (sulfide) groups is 1. The first-order valence-electron chi connectivity index (χ1n) is 8.31. The van der Waals surface area contributed by atoms with Gasteiger partial charge >= 0.3 is 0 Å². The van der Waals surface area contributed by atoms with Crippen molar-refractivity contribution < 1.29 is 13.2 Å². The smallest absolute Gasteiger partial charge is 0.253 e. The molecular weight excluding hydrogens is 390 g/mol. The summed E-state index contributed by atoms with van der Waals surface area (Å²) in [6.45, 7) is 0.586. The lowest BCUT2D eigenvalue weighted by Crippen LogP contribution is -2.33. The van der Waals surface area contributed by atoms with Crippen LogP contribution < -0.4 is 0 Å². The van der Waals surface area contributed by atoms with Crippen LogP contribution in [-0.4, -0.2) is 44.3 Å². The van der Waals surface area contributed by atoms with Crippen molar-refractivity contribution in [1.29, 1.82) is 0 Å². The minimum absolute atomic E-state index is 0.0587. The van der Waals surface area contributed by atoms with Crippen LogP contribution in [0.4, 0.5) is 0 Å². The number of hydrogen-bond acceptors (Lipinski definition) is 4. The Morgan fingerprint density at radius 2 is 1.92 bits per heavy atom. The summed E-state index contributed by atoms with van der Waals surface area (Å²) in [5.41, 5.74) is 1.21. The van der Waals surface area contributed by atoms with Gasteiger partial charge in [0.2, 0.25) is 0 Å². The molecular formula is C19H20ClNO3S2. The van der Waals surface area contributed by atoms with Gasteiger partial charge in [-0.15, -0.1) is 11.8 Å². The third kappa shape index (κ3) is 4.08. The molecule has 0 aliphatic carbocycles. The van der Waals surface area contributed by atoms with E-state index < -0.39 is 15.1 Å². The van der Waals surface area contributed by atoms with E-state index in [9.17, 15) is 13.2 Å². The van der Waals surface area contributed by atoms with Gasteiger partial charge in [-0.3, -0.25) is 4.79 Å². The van der Waals surface area contributed by atoms with E-state index in [4.69, 9.17) is 11.6 Å². The molecule has 7 heteroatoms. The van der Waals surface area contributed by atoms with Gasteiger partial charge in [-0.1, -0.05) is 35.9 Å². The van der Waals surface area contributed by atoms with Crippen LogP contribution >= 0.6 is 23.4 Å². The summed E-state index contributed by atoms with van der Waals surface area (Å²) in [6, 6.07) is 14.4. The van der Waals surface area contributed by atoms with Crippen molar-refractivity contribution >= 4 is 39.1 Å². The quantitative estimate of drug-likeness (QED) is 0.717. The van der Waals surface area contributed by atoms with E-state index in [1.807, 2.05) is 24.5 Å². The number of nitrogens with zero attached hydrogens (tertiary/aromatic N) is 1. The number of hydrogen-bond donors (Lipinski definition) is 0. The van der Waals surface area contributed by atoms with E-state index in [1.54, 1.807) is 47.0 Å². The predicted octanol–water partition coefficient (Wildman–Crippen LogP) is 4.06. The summed E-state index contributed by atoms with van der Waals surface area (Å²) >= 11 is 7.79. The number of amides is 1. The van der Waals surface area contributed by atoms with Gasteiger partial charge < -0.3 is 4.90 Å². The van der Waals surface area contributed by atoms with Crippen LogP contribution in [0.15, 0.2) is 53.4 Å². The lowest BCUT2D eigenvalue weighted by molar-refractivity contribution is 0.0766. The zero-order valence-electron chi connectivity index (χ0n) is 14.4. The Kier molecular flexibility index (Phi) is 5.95. The van der Waals surface area contributed by atoms with Crippen LogP contribution in [0.3, 0.4) is 0 Å². The van der Waals surface area contributed by atoms with Crippen LogP contribution in [-0.2, 0) is 9.84 Å². The molecule has 4 nitrogen and oxygen atoms in total. The Morgan fingerprint density at radius 1 is 1.15 bits per heavy atom. The molecule has 2 aromatic carbocycles. The number of carbonyl (C=O) groups excluding carboxylic acids is 1. The molecule has 1 aliphatic rings. The molecule has 1 aliphatic heterocycles. The van der Waals surface area contributed by atoms with Gasteiger partial charge in [-0.2, -0.15) is 0 Å². The summed E-state index contributed by atoms with van der Waals surface area (Å²) in [5.74, 6) is -0.187. The van der Waals surface area contributed by atoms with Crippen molar-refractivity contribution in [2.24, 2.45) is 0 Å². The Morgan fingerprint density at radius 3 is 2.65 bits per heavy atom. The molecule has 0 radical (unpaired) electrons. The Labute approximate surface area is 163 Å². The molecule has 1 saturated heterocycles. The zero-order valence-corrected chi connectivity index (χ0v) is 16.8. The van der Waals surface area contributed by atoms with E-state index in [-0.39, 0.29) is 18.2 Å². The van der Waals surface area contributed by atoms with Crippen molar-refractivity contribution in [3.8, 4) is 0 Å². The van der Waals surface area contributed by atoms with Crippen molar-refractivity contribution in [3.63, 3.8) is 0 Å². The van der Waals surface area contributed by atoms with Crippen LogP contribution in [0.5, 0.6) is 0 Å². The zero-order chi connectivity index (χ0) is 18.7. The Balaban J connectivity index is 1.84. The molecule has 0 bridgehead atoms. The molecule has 3 rings (SSSR count). The van der Waals surface area contributed by atoms with Gasteiger partial charge in [0, 0.05) is 28.6 Å². The van der Waals surface area contributed by atoms with Gasteiger partial charge in [0.05, 0.1) is 11.0 Å². The molecule has 0 aromatic heterocycles. The van der Waals surface area contributed by atoms with Gasteiger partial charge in [-0.05, 0) is 42.5 Å². The van der Waals surface area contributed by atoms with E-state index >= 15 is 0 Å². The fourth-order valence-electron chi connectivity index (χ4n) is 3.17. The first-order chi connectivity index (χ1) is 12.4. The summed E-state index contributed by atoms with van der Waals surface area (Å²) in [6.07, 6.45) is 2.30. The summed E-state index contributed by atoms with van der Waals surface area (Å²) < 4.78 is 25.5. The fraction of sp³-hybridized carbons (Fsp3) is 0.316.